The summed E-state index contributed by atoms with van der Waals surface area (Å²) in [5, 5.41) is 11.2. The minimum absolute atomic E-state index is 0.0138. The Morgan fingerprint density at radius 1 is 1.24 bits per heavy atom. The van der Waals surface area contributed by atoms with Crippen molar-refractivity contribution in [2.24, 2.45) is 24.8 Å². The Morgan fingerprint density at radius 2 is 2.06 bits per heavy atom. The van der Waals surface area contributed by atoms with E-state index in [-0.39, 0.29) is 29.3 Å². The van der Waals surface area contributed by atoms with Crippen LogP contribution in [0.3, 0.4) is 0 Å². The van der Waals surface area contributed by atoms with Crippen LogP contribution in [0, 0.1) is 17.8 Å². The van der Waals surface area contributed by atoms with Crippen LogP contribution in [-0.2, 0) is 13.2 Å². The fourth-order valence-corrected chi connectivity index (χ4v) is 5.23. The van der Waals surface area contributed by atoms with Crippen LogP contribution in [-0.4, -0.2) is 41.5 Å². The van der Waals surface area contributed by atoms with Crippen LogP contribution in [0.15, 0.2) is 30.7 Å². The molecule has 3 heterocycles. The molecule has 33 heavy (non-hydrogen) atoms. The van der Waals surface area contributed by atoms with Crippen molar-refractivity contribution in [2.45, 2.75) is 44.8 Å². The minimum Gasteiger partial charge on any atom is -0.348 e. The molecular formula is C22H24F3N7O. The first-order chi connectivity index (χ1) is 15.7. The van der Waals surface area contributed by atoms with Crippen molar-refractivity contribution >= 4 is 5.91 Å². The first-order valence-corrected chi connectivity index (χ1v) is 11.0. The number of rotatable bonds is 5. The van der Waals surface area contributed by atoms with Crippen molar-refractivity contribution in [3.8, 4) is 17.2 Å². The molecule has 0 radical (unpaired) electrons. The number of alkyl halides is 3. The van der Waals surface area contributed by atoms with E-state index < -0.39 is 11.9 Å². The second-order valence-electron chi connectivity index (χ2n) is 9.09. The monoisotopic (exact) mass is 459 g/mol. The van der Waals surface area contributed by atoms with E-state index in [1.807, 2.05) is 6.92 Å². The van der Waals surface area contributed by atoms with Gasteiger partial charge in [0.2, 0.25) is 0 Å². The summed E-state index contributed by atoms with van der Waals surface area (Å²) in [5.74, 6) is 1.26. The number of nitrogens with zero attached hydrogens (tertiary/aromatic N) is 6. The van der Waals surface area contributed by atoms with Gasteiger partial charge in [-0.1, -0.05) is 6.42 Å². The molecular weight excluding hydrogens is 435 g/mol. The molecule has 2 aliphatic rings. The normalized spacial score (nSPS) is 23.1. The van der Waals surface area contributed by atoms with E-state index in [2.05, 4.69) is 25.5 Å². The van der Waals surface area contributed by atoms with Gasteiger partial charge < -0.3 is 5.32 Å². The lowest BCUT2D eigenvalue weighted by atomic mass is 9.84. The van der Waals surface area contributed by atoms with Crippen LogP contribution in [0.5, 0.6) is 0 Å². The Hall–Kier alpha value is -3.24. The standard InChI is InChI=1S/C22H24F3N7O/c1-12(16-8-13-3-4-14(16)7-13)27-20(33)17-5-6-32(30-17)21-28-18(15-10-26-31(2)11-15)9-19(29-21)22(23,24)25/h5-6,9-14,16H,3-4,7-8H2,1-2H3,(H,27,33)/t12-,13-,14-,16+/m1/s1. The molecule has 11 heteroatoms. The molecule has 2 fully saturated rings. The van der Waals surface area contributed by atoms with Crippen LogP contribution in [0.1, 0.15) is 48.8 Å². The summed E-state index contributed by atoms with van der Waals surface area (Å²) in [7, 11) is 1.66. The first kappa shape index (κ1) is 21.6. The molecule has 1 N–H and O–H groups in total. The average Bonchev–Trinajstić information content (AvgIpc) is 3.56. The van der Waals surface area contributed by atoms with Gasteiger partial charge in [-0.05, 0) is 56.1 Å². The van der Waals surface area contributed by atoms with Gasteiger partial charge in [0.1, 0.15) is 0 Å². The highest BCUT2D eigenvalue weighted by Gasteiger charge is 2.42. The number of carbonyl (C=O) groups excluding carboxylic acids is 1. The molecule has 2 aliphatic carbocycles. The van der Waals surface area contributed by atoms with Gasteiger partial charge >= 0.3 is 6.18 Å². The van der Waals surface area contributed by atoms with Gasteiger partial charge in [-0.25, -0.2) is 14.6 Å². The van der Waals surface area contributed by atoms with Gasteiger partial charge in [0.05, 0.1) is 11.9 Å². The maximum atomic E-state index is 13.5. The second kappa shape index (κ2) is 7.96. The summed E-state index contributed by atoms with van der Waals surface area (Å²) >= 11 is 0. The number of hydrogen-bond donors (Lipinski definition) is 1. The molecule has 0 saturated heterocycles. The summed E-state index contributed by atoms with van der Waals surface area (Å²) in [4.78, 5) is 20.6. The summed E-state index contributed by atoms with van der Waals surface area (Å²) in [6, 6.07) is 2.34. The molecule has 2 bridgehead atoms. The Balaban J connectivity index is 1.39. The van der Waals surface area contributed by atoms with Gasteiger partial charge in [0, 0.05) is 31.0 Å². The van der Waals surface area contributed by atoms with E-state index in [0.29, 0.717) is 17.4 Å². The molecule has 0 spiro atoms. The fraction of sp³-hybridized carbons (Fsp3) is 0.500. The molecule has 8 nitrogen and oxygen atoms in total. The highest BCUT2D eigenvalue weighted by molar-refractivity contribution is 5.92. The van der Waals surface area contributed by atoms with Crippen molar-refractivity contribution < 1.29 is 18.0 Å². The van der Waals surface area contributed by atoms with E-state index in [9.17, 15) is 18.0 Å². The zero-order valence-corrected chi connectivity index (χ0v) is 18.3. The molecule has 3 aromatic heterocycles. The molecule has 3 aromatic rings. The van der Waals surface area contributed by atoms with Gasteiger partial charge in [0.25, 0.3) is 11.9 Å². The van der Waals surface area contributed by atoms with E-state index in [1.54, 1.807) is 13.2 Å². The van der Waals surface area contributed by atoms with Crippen LogP contribution in [0.4, 0.5) is 13.2 Å². The zero-order valence-electron chi connectivity index (χ0n) is 18.3. The van der Waals surface area contributed by atoms with Gasteiger partial charge in [-0.2, -0.15) is 23.4 Å². The van der Waals surface area contributed by atoms with E-state index >= 15 is 0 Å². The molecule has 0 aliphatic heterocycles. The van der Waals surface area contributed by atoms with Crippen molar-refractivity contribution in [3.63, 3.8) is 0 Å². The lowest BCUT2D eigenvalue weighted by Crippen LogP contribution is -2.40. The highest BCUT2D eigenvalue weighted by Crippen LogP contribution is 2.49. The van der Waals surface area contributed by atoms with Crippen molar-refractivity contribution in [1.29, 1.82) is 0 Å². The number of amides is 1. The molecule has 4 atom stereocenters. The largest absolute Gasteiger partial charge is 0.433 e. The van der Waals surface area contributed by atoms with Crippen LogP contribution in [0.25, 0.3) is 17.2 Å². The predicted octanol–water partition coefficient (Wildman–Crippen LogP) is 3.64. The molecule has 2 saturated carbocycles. The number of halogens is 3. The van der Waals surface area contributed by atoms with Crippen LogP contribution in [0.2, 0.25) is 0 Å². The fourth-order valence-electron chi connectivity index (χ4n) is 5.23. The van der Waals surface area contributed by atoms with Crippen LogP contribution >= 0.6 is 0 Å². The second-order valence-corrected chi connectivity index (χ2v) is 9.09. The van der Waals surface area contributed by atoms with E-state index in [1.165, 1.54) is 42.4 Å². The number of nitrogens with one attached hydrogen (secondary N) is 1. The number of hydrogen-bond acceptors (Lipinski definition) is 5. The molecule has 174 valence electrons. The van der Waals surface area contributed by atoms with Crippen molar-refractivity contribution in [2.75, 3.05) is 0 Å². The summed E-state index contributed by atoms with van der Waals surface area (Å²) in [6.45, 7) is 2.01. The van der Waals surface area contributed by atoms with Crippen molar-refractivity contribution in [3.05, 3.63) is 42.1 Å². The van der Waals surface area contributed by atoms with Gasteiger partial charge in [0.15, 0.2) is 11.4 Å². The quantitative estimate of drug-likeness (QED) is 0.629. The summed E-state index contributed by atoms with van der Waals surface area (Å²) in [5.41, 5.74) is -0.519. The molecule has 5 rings (SSSR count). The maximum absolute atomic E-state index is 13.5. The third kappa shape index (κ3) is 4.23. The Morgan fingerprint density at radius 3 is 2.70 bits per heavy atom. The summed E-state index contributed by atoms with van der Waals surface area (Å²) in [6.07, 6.45) is 4.58. The van der Waals surface area contributed by atoms with Crippen LogP contribution < -0.4 is 5.32 Å². The van der Waals surface area contributed by atoms with Crippen molar-refractivity contribution in [1.82, 2.24) is 34.8 Å². The minimum atomic E-state index is -4.67. The molecule has 0 aromatic carbocycles. The third-order valence-electron chi connectivity index (χ3n) is 6.83. The summed E-state index contributed by atoms with van der Waals surface area (Å²) < 4.78 is 43.0. The highest BCUT2D eigenvalue weighted by atomic mass is 19.4. The van der Waals surface area contributed by atoms with E-state index in [0.717, 1.165) is 23.1 Å². The molecule has 0 unspecified atom stereocenters. The predicted molar refractivity (Wildman–Crippen MR) is 112 cm³/mol. The first-order valence-electron chi connectivity index (χ1n) is 11.0. The lowest BCUT2D eigenvalue weighted by Gasteiger charge is -2.28. The lowest BCUT2D eigenvalue weighted by molar-refractivity contribution is -0.141. The number of fused-ring (bicyclic) bond motifs is 2. The Labute approximate surface area is 188 Å². The average molecular weight is 459 g/mol. The smallest absolute Gasteiger partial charge is 0.348 e. The molecule has 1 amide bonds. The third-order valence-corrected chi connectivity index (χ3v) is 6.83. The van der Waals surface area contributed by atoms with E-state index in [4.69, 9.17) is 0 Å². The number of aryl methyl sites for hydroxylation is 1. The zero-order chi connectivity index (χ0) is 23.3. The van der Waals surface area contributed by atoms with Gasteiger partial charge in [-0.3, -0.25) is 9.48 Å². The number of carbonyl (C=O) groups is 1. The topological polar surface area (TPSA) is 90.5 Å². The Kier molecular flexibility index (Phi) is 5.21. The maximum Gasteiger partial charge on any atom is 0.433 e. The van der Waals surface area contributed by atoms with Gasteiger partial charge in [-0.15, -0.1) is 0 Å². The number of aromatic nitrogens is 6. The SMILES string of the molecule is C[C@@H](NC(=O)c1ccn(-c2nc(-c3cnn(C)c3)cc(C(F)(F)F)n2)n1)[C@@H]1C[C@@H]2CC[C@@H]1C2. The Bertz CT molecular complexity index is 1180.